The molecule has 2 aromatic rings. The molecule has 9 nitrogen and oxygen atoms in total. The van der Waals surface area contributed by atoms with Crippen molar-refractivity contribution in [2.75, 3.05) is 32.1 Å². The number of carbonyl (C=O) groups is 4. The van der Waals surface area contributed by atoms with Crippen LogP contribution in [0, 0.1) is 5.92 Å². The van der Waals surface area contributed by atoms with Gasteiger partial charge in [0.05, 0.1) is 18.8 Å². The zero-order chi connectivity index (χ0) is 25.3. The van der Waals surface area contributed by atoms with E-state index in [1.165, 1.54) is 11.2 Å². The molecule has 35 heavy (non-hydrogen) atoms. The summed E-state index contributed by atoms with van der Waals surface area (Å²) in [7, 11) is 3.84. The Morgan fingerprint density at radius 2 is 1.83 bits per heavy atom. The number of anilines is 1. The smallest absolute Gasteiger partial charge is 0.290 e. The Morgan fingerprint density at radius 3 is 2.43 bits per heavy atom. The molecule has 3 amide bonds. The first kappa shape index (κ1) is 24.5. The lowest BCUT2D eigenvalue weighted by molar-refractivity contribution is -0.138. The van der Waals surface area contributed by atoms with Gasteiger partial charge in [-0.05, 0) is 55.2 Å². The van der Waals surface area contributed by atoms with Gasteiger partial charge >= 0.3 is 0 Å². The van der Waals surface area contributed by atoms with Gasteiger partial charge in [0.1, 0.15) is 12.1 Å². The van der Waals surface area contributed by atoms with Gasteiger partial charge in [0.25, 0.3) is 11.8 Å². The number of nitrogens with zero attached hydrogens (tertiary/aromatic N) is 3. The van der Waals surface area contributed by atoms with Crippen LogP contribution in [-0.4, -0.2) is 78.6 Å². The second-order valence-corrected chi connectivity index (χ2v) is 9.81. The average Bonchev–Trinajstić information content (AvgIpc) is 3.56. The third kappa shape index (κ3) is 4.94. The third-order valence-electron chi connectivity index (χ3n) is 6.65. The van der Waals surface area contributed by atoms with Crippen molar-refractivity contribution in [1.29, 1.82) is 0 Å². The van der Waals surface area contributed by atoms with Crippen molar-refractivity contribution < 1.29 is 23.6 Å². The predicted octanol–water partition coefficient (Wildman–Crippen LogP) is 2.18. The van der Waals surface area contributed by atoms with E-state index in [1.54, 1.807) is 29.2 Å². The number of furan rings is 1. The molecule has 2 aliphatic heterocycles. The Balaban J connectivity index is 1.49. The maximum Gasteiger partial charge on any atom is 0.290 e. The number of nitrogens with one attached hydrogen (secondary N) is 1. The van der Waals surface area contributed by atoms with E-state index in [0.717, 1.165) is 5.69 Å². The van der Waals surface area contributed by atoms with Gasteiger partial charge in [-0.25, -0.2) is 0 Å². The van der Waals surface area contributed by atoms with Crippen LogP contribution in [0.25, 0.3) is 0 Å². The molecule has 4 rings (SSSR count). The summed E-state index contributed by atoms with van der Waals surface area (Å²) in [4.78, 5) is 57.3. The predicted molar refractivity (Wildman–Crippen MR) is 130 cm³/mol. The Hall–Kier alpha value is -3.62. The summed E-state index contributed by atoms with van der Waals surface area (Å²) in [6.45, 7) is 4.26. The van der Waals surface area contributed by atoms with Crippen LogP contribution >= 0.6 is 0 Å². The highest BCUT2D eigenvalue weighted by Gasteiger charge is 2.52. The number of Topliss-reactive ketones (excluding diaryl/α,β-unsaturated/α-hetero) is 1. The van der Waals surface area contributed by atoms with Crippen molar-refractivity contribution in [2.45, 2.75) is 44.8 Å². The zero-order valence-corrected chi connectivity index (χ0v) is 20.6. The molecule has 2 fully saturated rings. The molecule has 9 heteroatoms. The highest BCUT2D eigenvalue weighted by atomic mass is 16.3. The fourth-order valence-corrected chi connectivity index (χ4v) is 4.93. The Labute approximate surface area is 205 Å². The van der Waals surface area contributed by atoms with Crippen molar-refractivity contribution in [3.05, 3.63) is 54.0 Å². The summed E-state index contributed by atoms with van der Waals surface area (Å²) in [5.41, 5.74) is 1.43. The molecule has 0 bridgehead atoms. The summed E-state index contributed by atoms with van der Waals surface area (Å²) in [5, 5.41) is 2.89. The molecule has 2 saturated heterocycles. The minimum Gasteiger partial charge on any atom is -0.459 e. The first-order chi connectivity index (χ1) is 16.7. The van der Waals surface area contributed by atoms with E-state index in [0.29, 0.717) is 24.9 Å². The molecule has 0 radical (unpaired) electrons. The number of fused-ring (bicyclic) bond motifs is 1. The third-order valence-corrected chi connectivity index (χ3v) is 6.65. The van der Waals surface area contributed by atoms with Crippen LogP contribution in [0.1, 0.15) is 47.6 Å². The van der Waals surface area contributed by atoms with Gasteiger partial charge in [0, 0.05) is 31.9 Å². The quantitative estimate of drug-likeness (QED) is 0.652. The molecule has 1 N–H and O–H groups in total. The van der Waals surface area contributed by atoms with Crippen LogP contribution in [0.2, 0.25) is 0 Å². The van der Waals surface area contributed by atoms with Crippen LogP contribution in [0.4, 0.5) is 5.69 Å². The summed E-state index contributed by atoms with van der Waals surface area (Å²) in [6.07, 6.45) is 2.36. The summed E-state index contributed by atoms with van der Waals surface area (Å²) in [6, 6.07) is 8.49. The largest absolute Gasteiger partial charge is 0.459 e. The van der Waals surface area contributed by atoms with Crippen LogP contribution in [0.15, 0.2) is 47.1 Å². The molecular weight excluding hydrogens is 448 g/mol. The molecule has 186 valence electrons. The Morgan fingerprint density at radius 1 is 1.11 bits per heavy atom. The van der Waals surface area contributed by atoms with Gasteiger partial charge in [0.15, 0.2) is 11.5 Å². The number of hydrogen-bond donors (Lipinski definition) is 1. The molecule has 3 atom stereocenters. The molecule has 2 aliphatic rings. The minimum atomic E-state index is -0.766. The van der Waals surface area contributed by atoms with Crippen LogP contribution in [0.3, 0.4) is 0 Å². The molecule has 0 spiro atoms. The van der Waals surface area contributed by atoms with Crippen molar-refractivity contribution in [1.82, 2.24) is 15.1 Å². The van der Waals surface area contributed by atoms with Gasteiger partial charge in [-0.2, -0.15) is 0 Å². The second kappa shape index (κ2) is 9.93. The van der Waals surface area contributed by atoms with E-state index in [4.69, 9.17) is 4.42 Å². The number of benzene rings is 1. The lowest BCUT2D eigenvalue weighted by Gasteiger charge is -2.29. The summed E-state index contributed by atoms with van der Waals surface area (Å²) < 4.78 is 5.22. The lowest BCUT2D eigenvalue weighted by atomic mass is 10.0. The Bertz CT molecular complexity index is 1090. The van der Waals surface area contributed by atoms with E-state index in [1.807, 2.05) is 45.0 Å². The minimum absolute atomic E-state index is 0.0575. The summed E-state index contributed by atoms with van der Waals surface area (Å²) >= 11 is 0. The Kier molecular flexibility index (Phi) is 6.95. The lowest BCUT2D eigenvalue weighted by Crippen LogP contribution is -2.53. The molecule has 1 aromatic heterocycles. The first-order valence-electron chi connectivity index (χ1n) is 11.9. The maximum atomic E-state index is 13.6. The van der Waals surface area contributed by atoms with Crippen LogP contribution < -0.4 is 10.2 Å². The van der Waals surface area contributed by atoms with Crippen molar-refractivity contribution in [3.8, 4) is 0 Å². The molecule has 3 heterocycles. The summed E-state index contributed by atoms with van der Waals surface area (Å²) in [5.74, 6) is -0.820. The van der Waals surface area contributed by atoms with Crippen molar-refractivity contribution >= 4 is 29.2 Å². The topological polar surface area (TPSA) is 103 Å². The highest BCUT2D eigenvalue weighted by Crippen LogP contribution is 2.32. The van der Waals surface area contributed by atoms with Crippen molar-refractivity contribution in [3.63, 3.8) is 0 Å². The van der Waals surface area contributed by atoms with Crippen molar-refractivity contribution in [2.24, 2.45) is 5.92 Å². The second-order valence-electron chi connectivity index (χ2n) is 9.81. The number of carbonyl (C=O) groups excluding carboxylic acids is 4. The SMILES string of the molecule is CC(C)C[C@H](NC(=O)c1ccc(N(C)C)cc1)C(=O)N1CC[C@@H]2[C@H]1C(=O)CN2C(=O)c1ccco1. The van der Waals surface area contributed by atoms with E-state index < -0.39 is 18.1 Å². The van der Waals surface area contributed by atoms with Gasteiger partial charge < -0.3 is 24.4 Å². The standard InChI is InChI=1S/C26H32N4O5/c1-16(2)14-19(27-24(32)17-7-9-18(10-8-17)28(3)4)25(33)29-12-11-20-23(29)21(31)15-30(20)26(34)22-6-5-13-35-22/h5-10,13,16,19-20,23H,11-12,14-15H2,1-4H3,(H,27,32)/t19-,20+,23-/m0/s1. The first-order valence-corrected chi connectivity index (χ1v) is 11.9. The number of likely N-dealkylation sites (tertiary alicyclic amines) is 2. The highest BCUT2D eigenvalue weighted by molar-refractivity contribution is 6.02. The van der Waals surface area contributed by atoms with Crippen LogP contribution in [0.5, 0.6) is 0 Å². The monoisotopic (exact) mass is 480 g/mol. The average molecular weight is 481 g/mol. The zero-order valence-electron chi connectivity index (χ0n) is 20.6. The number of ketones is 1. The molecule has 0 saturated carbocycles. The molecule has 1 aromatic carbocycles. The number of amides is 3. The fourth-order valence-electron chi connectivity index (χ4n) is 4.93. The van der Waals surface area contributed by atoms with E-state index >= 15 is 0 Å². The maximum absolute atomic E-state index is 13.6. The number of rotatable bonds is 7. The molecule has 0 aliphatic carbocycles. The van der Waals surface area contributed by atoms with E-state index in [9.17, 15) is 19.2 Å². The fraction of sp³-hybridized carbons (Fsp3) is 0.462. The van der Waals surface area contributed by atoms with Crippen LogP contribution in [-0.2, 0) is 9.59 Å². The number of hydrogen-bond acceptors (Lipinski definition) is 6. The van der Waals surface area contributed by atoms with Gasteiger partial charge in [-0.15, -0.1) is 0 Å². The van der Waals surface area contributed by atoms with E-state index in [-0.39, 0.29) is 41.7 Å². The van der Waals surface area contributed by atoms with E-state index in [2.05, 4.69) is 5.32 Å². The normalized spacial score (nSPS) is 20.2. The molecular formula is C26H32N4O5. The van der Waals surface area contributed by atoms with Gasteiger partial charge in [-0.1, -0.05) is 13.8 Å². The van der Waals surface area contributed by atoms with Gasteiger partial charge in [0.2, 0.25) is 5.91 Å². The van der Waals surface area contributed by atoms with Gasteiger partial charge in [-0.3, -0.25) is 19.2 Å². The molecule has 0 unspecified atom stereocenters.